The number of aromatic nitrogens is 1. The summed E-state index contributed by atoms with van der Waals surface area (Å²) in [6.45, 7) is 1.44. The monoisotopic (exact) mass is 325 g/mol. The molecule has 1 aliphatic rings. The van der Waals surface area contributed by atoms with Gasteiger partial charge in [0.25, 0.3) is 0 Å². The fourth-order valence-corrected chi connectivity index (χ4v) is 3.06. The molecule has 0 unspecified atom stereocenters. The fourth-order valence-electron chi connectivity index (χ4n) is 2.95. The number of rotatable bonds is 7. The van der Waals surface area contributed by atoms with Gasteiger partial charge in [-0.25, -0.2) is 4.98 Å². The Labute approximate surface area is 136 Å². The fraction of sp³-hybridized carbons (Fsp3) is 0.625. The van der Waals surface area contributed by atoms with E-state index < -0.39 is 0 Å². The number of hydrogen-bond acceptors (Lipinski definition) is 4. The van der Waals surface area contributed by atoms with Gasteiger partial charge in [0.15, 0.2) is 0 Å². The molecule has 3 N–H and O–H groups in total. The van der Waals surface area contributed by atoms with Gasteiger partial charge in [0.05, 0.1) is 11.6 Å². The molecule has 5 nitrogen and oxygen atoms in total. The van der Waals surface area contributed by atoms with Crippen LogP contribution in [0.15, 0.2) is 18.3 Å². The van der Waals surface area contributed by atoms with Crippen molar-refractivity contribution in [2.24, 2.45) is 11.1 Å². The number of amides is 1. The number of carbonyl (C=O) groups excluding carboxylic acids is 1. The lowest BCUT2D eigenvalue weighted by Gasteiger charge is -2.35. The maximum atomic E-state index is 12.1. The average Bonchev–Trinajstić information content (AvgIpc) is 2.54. The van der Waals surface area contributed by atoms with Gasteiger partial charge in [-0.2, -0.15) is 0 Å². The molecule has 6 heteroatoms. The van der Waals surface area contributed by atoms with E-state index in [1.165, 1.54) is 25.5 Å². The van der Waals surface area contributed by atoms with Crippen LogP contribution in [0, 0.1) is 5.41 Å². The van der Waals surface area contributed by atoms with Crippen LogP contribution in [-0.2, 0) is 4.79 Å². The van der Waals surface area contributed by atoms with Crippen LogP contribution >= 0.6 is 11.6 Å². The number of carbonyl (C=O) groups is 1. The van der Waals surface area contributed by atoms with E-state index in [0.717, 1.165) is 12.8 Å². The highest BCUT2D eigenvalue weighted by atomic mass is 35.5. The Balaban J connectivity index is 1.68. The first-order valence-electron chi connectivity index (χ1n) is 7.85. The van der Waals surface area contributed by atoms with Crippen LogP contribution < -0.4 is 15.8 Å². The second-order valence-corrected chi connectivity index (χ2v) is 6.39. The summed E-state index contributed by atoms with van der Waals surface area (Å²) >= 11 is 5.75. The molecule has 1 amide bonds. The molecule has 0 spiro atoms. The molecule has 1 aromatic rings. The van der Waals surface area contributed by atoms with Gasteiger partial charge in [-0.1, -0.05) is 30.9 Å². The van der Waals surface area contributed by atoms with E-state index in [2.05, 4.69) is 10.3 Å². The van der Waals surface area contributed by atoms with E-state index in [9.17, 15) is 4.79 Å². The Bertz CT molecular complexity index is 473. The maximum absolute atomic E-state index is 12.1. The third-order valence-corrected chi connectivity index (χ3v) is 4.48. The highest BCUT2D eigenvalue weighted by molar-refractivity contribution is 6.30. The van der Waals surface area contributed by atoms with Crippen molar-refractivity contribution in [1.29, 1.82) is 0 Å². The van der Waals surface area contributed by atoms with Gasteiger partial charge in [0, 0.05) is 18.7 Å². The zero-order valence-electron chi connectivity index (χ0n) is 12.8. The smallest absolute Gasteiger partial charge is 0.220 e. The van der Waals surface area contributed by atoms with Crippen molar-refractivity contribution < 1.29 is 9.53 Å². The lowest BCUT2D eigenvalue weighted by Crippen LogP contribution is -2.39. The minimum atomic E-state index is 0.000918. The molecule has 0 radical (unpaired) electrons. The zero-order chi connectivity index (χ0) is 15.8. The normalized spacial score (nSPS) is 17.0. The van der Waals surface area contributed by atoms with Crippen molar-refractivity contribution in [1.82, 2.24) is 10.3 Å². The van der Waals surface area contributed by atoms with Gasteiger partial charge in [0.1, 0.15) is 6.61 Å². The Kier molecular flexibility index (Phi) is 6.46. The Morgan fingerprint density at radius 3 is 2.77 bits per heavy atom. The Morgan fingerprint density at radius 1 is 1.36 bits per heavy atom. The van der Waals surface area contributed by atoms with Gasteiger partial charge in [-0.05, 0) is 30.9 Å². The van der Waals surface area contributed by atoms with E-state index >= 15 is 0 Å². The Morgan fingerprint density at radius 2 is 2.14 bits per heavy atom. The first kappa shape index (κ1) is 17.0. The molecule has 2 rings (SSSR count). The van der Waals surface area contributed by atoms with Crippen LogP contribution in [0.1, 0.15) is 38.5 Å². The molecule has 1 fully saturated rings. The van der Waals surface area contributed by atoms with Gasteiger partial charge in [-0.3, -0.25) is 4.79 Å². The topological polar surface area (TPSA) is 77.2 Å². The molecule has 1 aliphatic carbocycles. The van der Waals surface area contributed by atoms with Crippen molar-refractivity contribution in [3.63, 3.8) is 0 Å². The summed E-state index contributed by atoms with van der Waals surface area (Å²) in [6, 6.07) is 3.42. The molecule has 22 heavy (non-hydrogen) atoms. The van der Waals surface area contributed by atoms with Crippen LogP contribution in [0.4, 0.5) is 0 Å². The van der Waals surface area contributed by atoms with Gasteiger partial charge in [0.2, 0.25) is 11.8 Å². The van der Waals surface area contributed by atoms with Crippen LogP contribution in [0.25, 0.3) is 0 Å². The molecule has 122 valence electrons. The first-order valence-corrected chi connectivity index (χ1v) is 8.22. The minimum Gasteiger partial charge on any atom is -0.476 e. The van der Waals surface area contributed by atoms with E-state index in [4.69, 9.17) is 22.1 Å². The lowest BCUT2D eigenvalue weighted by molar-refractivity contribution is -0.124. The highest BCUT2D eigenvalue weighted by Gasteiger charge is 2.32. The number of pyridine rings is 1. The molecule has 0 aromatic carbocycles. The lowest BCUT2D eigenvalue weighted by atomic mass is 9.72. The molecule has 0 atom stereocenters. The summed E-state index contributed by atoms with van der Waals surface area (Å²) in [5.74, 6) is 0.560. The number of halogens is 1. The van der Waals surface area contributed by atoms with Gasteiger partial charge in [-0.15, -0.1) is 0 Å². The summed E-state index contributed by atoms with van der Waals surface area (Å²) in [5, 5.41) is 3.47. The zero-order valence-corrected chi connectivity index (χ0v) is 13.6. The number of nitrogens with zero attached hydrogens (tertiary/aromatic N) is 1. The largest absolute Gasteiger partial charge is 0.476 e. The highest BCUT2D eigenvalue weighted by Crippen LogP contribution is 2.38. The SMILES string of the molecule is NCC1(CC(=O)NCCOc2ccc(Cl)cn2)CCCCC1. The van der Waals surface area contributed by atoms with Crippen LogP contribution in [0.5, 0.6) is 5.88 Å². The molecular weight excluding hydrogens is 302 g/mol. The van der Waals surface area contributed by atoms with E-state index in [1.54, 1.807) is 12.1 Å². The molecule has 0 bridgehead atoms. The van der Waals surface area contributed by atoms with Gasteiger partial charge < -0.3 is 15.8 Å². The second kappa shape index (κ2) is 8.34. The molecule has 0 aliphatic heterocycles. The molecule has 1 saturated carbocycles. The quantitative estimate of drug-likeness (QED) is 0.755. The third-order valence-electron chi connectivity index (χ3n) is 4.26. The van der Waals surface area contributed by atoms with Crippen molar-refractivity contribution in [2.45, 2.75) is 38.5 Å². The van der Waals surface area contributed by atoms with Crippen LogP contribution in [0.3, 0.4) is 0 Å². The van der Waals surface area contributed by atoms with E-state index in [1.807, 2.05) is 0 Å². The summed E-state index contributed by atoms with van der Waals surface area (Å²) in [4.78, 5) is 16.1. The van der Waals surface area contributed by atoms with Crippen molar-refractivity contribution >= 4 is 17.5 Å². The number of nitrogens with one attached hydrogen (secondary N) is 1. The maximum Gasteiger partial charge on any atom is 0.220 e. The summed E-state index contributed by atoms with van der Waals surface area (Å²) in [6.07, 6.45) is 7.77. The summed E-state index contributed by atoms with van der Waals surface area (Å²) in [7, 11) is 0. The van der Waals surface area contributed by atoms with Crippen molar-refractivity contribution in [3.8, 4) is 5.88 Å². The van der Waals surface area contributed by atoms with Gasteiger partial charge >= 0.3 is 0 Å². The molecule has 1 heterocycles. The Hall–Kier alpha value is -1.33. The third kappa shape index (κ3) is 5.14. The van der Waals surface area contributed by atoms with E-state index in [-0.39, 0.29) is 11.3 Å². The number of hydrogen-bond donors (Lipinski definition) is 2. The minimum absolute atomic E-state index is 0.000918. The van der Waals surface area contributed by atoms with Crippen molar-refractivity contribution in [2.75, 3.05) is 19.7 Å². The predicted molar refractivity (Wildman–Crippen MR) is 86.9 cm³/mol. The van der Waals surface area contributed by atoms with Crippen LogP contribution in [-0.4, -0.2) is 30.6 Å². The summed E-state index contributed by atoms with van der Waals surface area (Å²) in [5.41, 5.74) is 5.91. The van der Waals surface area contributed by atoms with E-state index in [0.29, 0.717) is 37.0 Å². The van der Waals surface area contributed by atoms with Crippen molar-refractivity contribution in [3.05, 3.63) is 23.4 Å². The number of nitrogens with two attached hydrogens (primary N) is 1. The average molecular weight is 326 g/mol. The first-order chi connectivity index (χ1) is 10.6. The number of ether oxygens (including phenoxy) is 1. The van der Waals surface area contributed by atoms with Crippen LogP contribution in [0.2, 0.25) is 5.02 Å². The molecule has 1 aromatic heterocycles. The standard InChI is InChI=1S/C16H24ClN3O2/c17-13-4-5-15(20-11-13)22-9-8-19-14(21)10-16(12-18)6-2-1-3-7-16/h4-5,11H,1-3,6-10,12,18H2,(H,19,21). The summed E-state index contributed by atoms with van der Waals surface area (Å²) < 4.78 is 5.44. The second-order valence-electron chi connectivity index (χ2n) is 5.95. The predicted octanol–water partition coefficient (Wildman–Crippen LogP) is 2.53. The molecule has 0 saturated heterocycles. The molecular formula is C16H24ClN3O2.